The minimum Gasteiger partial charge on any atom is -0.387 e. The first kappa shape index (κ1) is 17.6. The summed E-state index contributed by atoms with van der Waals surface area (Å²) in [5.74, 6) is -2.89. The first-order valence-corrected chi connectivity index (χ1v) is 8.24. The van der Waals surface area contributed by atoms with E-state index in [1.807, 2.05) is 17.5 Å². The van der Waals surface area contributed by atoms with Crippen LogP contribution in [0.1, 0.15) is 42.7 Å². The highest BCUT2D eigenvalue weighted by Crippen LogP contribution is 2.25. The molecule has 3 nitrogen and oxygen atoms in total. The van der Waals surface area contributed by atoms with Gasteiger partial charge in [-0.2, -0.15) is 0 Å². The molecule has 2 rings (SSSR count). The molecule has 124 valence electrons. The lowest BCUT2D eigenvalue weighted by Gasteiger charge is -2.20. The Hall–Kier alpha value is -1.79. The molecule has 0 saturated carbocycles. The Balaban J connectivity index is 1.98. The number of carbonyl (C=O) groups is 1. The molecule has 1 aromatic carbocycles. The van der Waals surface area contributed by atoms with Gasteiger partial charge in [0.05, 0.1) is 12.0 Å². The molecule has 23 heavy (non-hydrogen) atoms. The summed E-state index contributed by atoms with van der Waals surface area (Å²) in [7, 11) is 0. The molecule has 1 aromatic heterocycles. The minimum absolute atomic E-state index is 0.240. The molecule has 0 aliphatic heterocycles. The fourth-order valence-corrected chi connectivity index (χ4v) is 3.14. The van der Waals surface area contributed by atoms with Gasteiger partial charge in [-0.1, -0.05) is 12.1 Å². The average Bonchev–Trinajstić information content (AvgIpc) is 3.00. The molecular weight excluding hydrogens is 320 g/mol. The van der Waals surface area contributed by atoms with E-state index in [-0.39, 0.29) is 11.6 Å². The smallest absolute Gasteiger partial charge is 0.227 e. The first-order chi connectivity index (χ1) is 10.9. The monoisotopic (exact) mass is 339 g/mol. The van der Waals surface area contributed by atoms with Gasteiger partial charge in [-0.05, 0) is 43.8 Å². The van der Waals surface area contributed by atoms with Gasteiger partial charge in [-0.25, -0.2) is 8.78 Å². The third-order valence-corrected chi connectivity index (χ3v) is 4.64. The van der Waals surface area contributed by atoms with Crippen molar-refractivity contribution in [2.75, 3.05) is 0 Å². The number of rotatable bonds is 6. The summed E-state index contributed by atoms with van der Waals surface area (Å²) >= 11 is 1.44. The fourth-order valence-electron chi connectivity index (χ4n) is 2.41. The first-order valence-electron chi connectivity index (χ1n) is 7.36. The molecule has 2 aromatic rings. The van der Waals surface area contributed by atoms with E-state index in [1.165, 1.54) is 24.3 Å². The second-order valence-corrected chi connectivity index (χ2v) is 6.51. The lowest BCUT2D eigenvalue weighted by molar-refractivity contribution is -0.123. The summed E-state index contributed by atoms with van der Waals surface area (Å²) < 4.78 is 27.5. The summed E-state index contributed by atoms with van der Waals surface area (Å²) in [5, 5.41) is 14.6. The summed E-state index contributed by atoms with van der Waals surface area (Å²) in [6.07, 6.45) is -0.343. The molecule has 0 fully saturated rings. The Morgan fingerprint density at radius 2 is 1.87 bits per heavy atom. The second-order valence-electron chi connectivity index (χ2n) is 5.53. The predicted molar refractivity (Wildman–Crippen MR) is 86.3 cm³/mol. The number of hydrogen-bond acceptors (Lipinski definition) is 3. The van der Waals surface area contributed by atoms with Gasteiger partial charge < -0.3 is 10.4 Å². The fraction of sp³-hybridized carbons (Fsp3) is 0.353. The highest BCUT2D eigenvalue weighted by Gasteiger charge is 2.24. The summed E-state index contributed by atoms with van der Waals surface area (Å²) in [5.41, 5.74) is -0.240. The lowest BCUT2D eigenvalue weighted by Crippen LogP contribution is -2.36. The van der Waals surface area contributed by atoms with Crippen LogP contribution in [0.2, 0.25) is 0 Å². The molecule has 0 aliphatic carbocycles. The van der Waals surface area contributed by atoms with Crippen molar-refractivity contribution >= 4 is 17.2 Å². The van der Waals surface area contributed by atoms with Crippen LogP contribution >= 0.6 is 11.3 Å². The molecular formula is C17H19F2NO2S. The number of halogens is 2. The maximum atomic E-state index is 13.7. The van der Waals surface area contributed by atoms with Gasteiger partial charge in [0.25, 0.3) is 0 Å². The number of nitrogens with one attached hydrogen (secondary N) is 1. The van der Waals surface area contributed by atoms with Gasteiger partial charge in [0, 0.05) is 16.5 Å². The zero-order chi connectivity index (χ0) is 17.0. The van der Waals surface area contributed by atoms with Crippen molar-refractivity contribution in [2.24, 2.45) is 0 Å². The molecule has 1 heterocycles. The van der Waals surface area contributed by atoms with Crippen molar-refractivity contribution in [1.29, 1.82) is 0 Å². The number of aliphatic hydroxyl groups excluding tert-OH is 1. The Bertz CT molecular complexity index is 640. The lowest BCUT2D eigenvalue weighted by atomic mass is 9.98. The third kappa shape index (κ3) is 4.36. The van der Waals surface area contributed by atoms with Crippen molar-refractivity contribution < 1.29 is 18.7 Å². The van der Waals surface area contributed by atoms with Crippen molar-refractivity contribution in [2.45, 2.75) is 38.3 Å². The van der Waals surface area contributed by atoms with E-state index in [2.05, 4.69) is 5.32 Å². The Morgan fingerprint density at radius 3 is 2.43 bits per heavy atom. The SMILES string of the molecule is CC(CC(O)c1cccs1)NC(=O)C(C)c1c(F)cccc1F. The third-order valence-electron chi connectivity index (χ3n) is 3.66. The Labute approximate surface area is 138 Å². The van der Waals surface area contributed by atoms with E-state index >= 15 is 0 Å². The van der Waals surface area contributed by atoms with E-state index in [1.54, 1.807) is 6.92 Å². The van der Waals surface area contributed by atoms with E-state index in [9.17, 15) is 18.7 Å². The van der Waals surface area contributed by atoms with Crippen LogP contribution in [-0.2, 0) is 4.79 Å². The number of thiophene rings is 1. The van der Waals surface area contributed by atoms with Crippen LogP contribution in [0.5, 0.6) is 0 Å². The topological polar surface area (TPSA) is 49.3 Å². The normalized spacial score (nSPS) is 15.0. The van der Waals surface area contributed by atoms with Crippen LogP contribution in [-0.4, -0.2) is 17.1 Å². The highest BCUT2D eigenvalue weighted by atomic mass is 32.1. The molecule has 0 aliphatic rings. The number of hydrogen-bond donors (Lipinski definition) is 2. The molecule has 3 atom stereocenters. The quantitative estimate of drug-likeness (QED) is 0.842. The van der Waals surface area contributed by atoms with Crippen LogP contribution < -0.4 is 5.32 Å². The van der Waals surface area contributed by atoms with Crippen molar-refractivity contribution in [1.82, 2.24) is 5.32 Å². The van der Waals surface area contributed by atoms with Gasteiger partial charge in [0.2, 0.25) is 5.91 Å². The summed E-state index contributed by atoms with van der Waals surface area (Å²) in [4.78, 5) is 13.0. The van der Waals surface area contributed by atoms with Crippen LogP contribution in [0.4, 0.5) is 8.78 Å². The standard InChI is InChI=1S/C17H19F2NO2S/c1-10(9-14(21)15-7-4-8-23-15)20-17(22)11(2)16-12(18)5-3-6-13(16)19/h3-8,10-11,14,21H,9H2,1-2H3,(H,20,22). The van der Waals surface area contributed by atoms with Crippen LogP contribution in [0, 0.1) is 11.6 Å². The van der Waals surface area contributed by atoms with Gasteiger partial charge in [-0.3, -0.25) is 4.79 Å². The Kier molecular flexibility index (Phi) is 5.85. The molecule has 6 heteroatoms. The molecule has 3 unspecified atom stereocenters. The van der Waals surface area contributed by atoms with Gasteiger partial charge >= 0.3 is 0 Å². The molecule has 0 bridgehead atoms. The molecule has 0 radical (unpaired) electrons. The highest BCUT2D eigenvalue weighted by molar-refractivity contribution is 7.10. The maximum absolute atomic E-state index is 13.7. The van der Waals surface area contributed by atoms with E-state index < -0.39 is 29.6 Å². The Morgan fingerprint density at radius 1 is 1.22 bits per heavy atom. The van der Waals surface area contributed by atoms with Crippen LogP contribution in [0.3, 0.4) is 0 Å². The van der Waals surface area contributed by atoms with E-state index in [0.29, 0.717) is 6.42 Å². The number of amides is 1. The molecule has 0 spiro atoms. The average molecular weight is 339 g/mol. The van der Waals surface area contributed by atoms with E-state index in [4.69, 9.17) is 0 Å². The van der Waals surface area contributed by atoms with Gasteiger partial charge in [0.15, 0.2) is 0 Å². The number of aliphatic hydroxyl groups is 1. The number of carbonyl (C=O) groups excluding carboxylic acids is 1. The van der Waals surface area contributed by atoms with E-state index in [0.717, 1.165) is 17.0 Å². The zero-order valence-corrected chi connectivity index (χ0v) is 13.7. The van der Waals surface area contributed by atoms with Gasteiger partial charge in [-0.15, -0.1) is 11.3 Å². The summed E-state index contributed by atoms with van der Waals surface area (Å²) in [6.45, 7) is 3.21. The second kappa shape index (κ2) is 7.66. The molecule has 1 amide bonds. The van der Waals surface area contributed by atoms with Crippen molar-refractivity contribution in [3.05, 3.63) is 57.8 Å². The van der Waals surface area contributed by atoms with Crippen molar-refractivity contribution in [3.8, 4) is 0 Å². The van der Waals surface area contributed by atoms with Crippen LogP contribution in [0.15, 0.2) is 35.7 Å². The van der Waals surface area contributed by atoms with Crippen LogP contribution in [0.25, 0.3) is 0 Å². The molecule has 0 saturated heterocycles. The van der Waals surface area contributed by atoms with Crippen molar-refractivity contribution in [3.63, 3.8) is 0 Å². The summed E-state index contributed by atoms with van der Waals surface area (Å²) in [6, 6.07) is 6.87. The maximum Gasteiger partial charge on any atom is 0.227 e. The van der Waals surface area contributed by atoms with Gasteiger partial charge in [0.1, 0.15) is 11.6 Å². The zero-order valence-electron chi connectivity index (χ0n) is 12.9. The number of benzene rings is 1. The largest absolute Gasteiger partial charge is 0.387 e. The predicted octanol–water partition coefficient (Wildman–Crippen LogP) is 3.76. The molecule has 2 N–H and O–H groups in total. The minimum atomic E-state index is -0.947.